The zero-order chi connectivity index (χ0) is 18.6. The highest BCUT2D eigenvalue weighted by Gasteiger charge is 2.24. The van der Waals surface area contributed by atoms with Gasteiger partial charge in [0.05, 0.1) is 10.8 Å². The van der Waals surface area contributed by atoms with Gasteiger partial charge in [0, 0.05) is 29.3 Å². The van der Waals surface area contributed by atoms with E-state index >= 15 is 0 Å². The van der Waals surface area contributed by atoms with Crippen LogP contribution < -0.4 is 5.32 Å². The van der Waals surface area contributed by atoms with E-state index in [0.29, 0.717) is 10.6 Å². The minimum absolute atomic E-state index is 0.00313. The van der Waals surface area contributed by atoms with Crippen LogP contribution in [0.5, 0.6) is 5.75 Å². The van der Waals surface area contributed by atoms with Gasteiger partial charge in [-0.25, -0.2) is 0 Å². The summed E-state index contributed by atoms with van der Waals surface area (Å²) in [5, 5.41) is 24.0. The molecule has 0 aliphatic carbocycles. The van der Waals surface area contributed by atoms with Gasteiger partial charge in [-0.05, 0) is 29.7 Å². The molecule has 7 heteroatoms. The van der Waals surface area contributed by atoms with Crippen LogP contribution in [0.3, 0.4) is 0 Å². The number of nitrogens with one attached hydrogen (secondary N) is 1. The van der Waals surface area contributed by atoms with Gasteiger partial charge in [-0.1, -0.05) is 37.6 Å². The number of benzene rings is 2. The fourth-order valence-electron chi connectivity index (χ4n) is 2.63. The Balaban J connectivity index is 2.15. The highest BCUT2D eigenvalue weighted by Crippen LogP contribution is 2.27. The van der Waals surface area contributed by atoms with Crippen LogP contribution in [0.2, 0.25) is 5.02 Å². The molecule has 0 fully saturated rings. The van der Waals surface area contributed by atoms with Crippen LogP contribution in [-0.2, 0) is 11.3 Å². The molecule has 2 aromatic carbocycles. The van der Waals surface area contributed by atoms with Gasteiger partial charge in [-0.2, -0.15) is 0 Å². The number of non-ortho nitro benzene ring substituents is 1. The van der Waals surface area contributed by atoms with Gasteiger partial charge in [0.25, 0.3) is 5.69 Å². The molecule has 2 rings (SSSR count). The van der Waals surface area contributed by atoms with Gasteiger partial charge in [0.2, 0.25) is 5.91 Å². The molecule has 2 aromatic rings. The monoisotopic (exact) mass is 362 g/mol. The molecular weight excluding hydrogens is 344 g/mol. The summed E-state index contributed by atoms with van der Waals surface area (Å²) >= 11 is 5.89. The number of nitrogens with zero attached hydrogens (tertiary/aromatic N) is 1. The molecule has 0 saturated heterocycles. The Labute approximate surface area is 150 Å². The molecule has 0 saturated carbocycles. The van der Waals surface area contributed by atoms with Crippen LogP contribution in [0, 0.1) is 16.0 Å². The Bertz CT molecular complexity index is 775. The van der Waals surface area contributed by atoms with Gasteiger partial charge in [0.1, 0.15) is 5.75 Å². The molecule has 0 aliphatic rings. The van der Waals surface area contributed by atoms with Crippen LogP contribution in [-0.4, -0.2) is 15.9 Å². The number of amides is 1. The van der Waals surface area contributed by atoms with Crippen molar-refractivity contribution in [1.82, 2.24) is 5.32 Å². The quantitative estimate of drug-likeness (QED) is 0.599. The molecule has 6 nitrogen and oxygen atoms in total. The number of carbonyl (C=O) groups is 1. The van der Waals surface area contributed by atoms with Crippen molar-refractivity contribution < 1.29 is 14.8 Å². The molecule has 1 unspecified atom stereocenters. The SMILES string of the molecule is CC(C)C(C(=O)NCc1cc([N+](=O)[O-])ccc1O)c1ccc(Cl)cc1. The number of hydrogen-bond acceptors (Lipinski definition) is 4. The Morgan fingerprint density at radius 1 is 1.24 bits per heavy atom. The normalized spacial score (nSPS) is 12.0. The van der Waals surface area contributed by atoms with Crippen LogP contribution in [0.1, 0.15) is 30.9 Å². The molecule has 2 N–H and O–H groups in total. The summed E-state index contributed by atoms with van der Waals surface area (Å²) in [5.74, 6) is -0.667. The molecule has 132 valence electrons. The lowest BCUT2D eigenvalue weighted by Gasteiger charge is -2.21. The van der Waals surface area contributed by atoms with E-state index in [9.17, 15) is 20.0 Å². The zero-order valence-corrected chi connectivity index (χ0v) is 14.7. The summed E-state index contributed by atoms with van der Waals surface area (Å²) in [5.41, 5.74) is 0.987. The zero-order valence-electron chi connectivity index (χ0n) is 13.9. The average Bonchev–Trinajstić information content (AvgIpc) is 2.55. The molecule has 0 heterocycles. The second-order valence-corrected chi connectivity index (χ2v) is 6.50. The Hall–Kier alpha value is -2.60. The highest BCUT2D eigenvalue weighted by molar-refractivity contribution is 6.30. The first-order valence-electron chi connectivity index (χ1n) is 7.79. The molecular formula is C18H19ClN2O4. The van der Waals surface area contributed by atoms with E-state index in [4.69, 9.17) is 11.6 Å². The Morgan fingerprint density at radius 2 is 1.88 bits per heavy atom. The predicted molar refractivity (Wildman–Crippen MR) is 95.6 cm³/mol. The molecule has 0 radical (unpaired) electrons. The summed E-state index contributed by atoms with van der Waals surface area (Å²) in [4.78, 5) is 22.9. The van der Waals surface area contributed by atoms with Crippen LogP contribution in [0.25, 0.3) is 0 Å². The molecule has 0 aromatic heterocycles. The topological polar surface area (TPSA) is 92.5 Å². The number of nitro benzene ring substituents is 1. The molecule has 0 spiro atoms. The van der Waals surface area contributed by atoms with Gasteiger partial charge in [0.15, 0.2) is 0 Å². The van der Waals surface area contributed by atoms with E-state index in [-0.39, 0.29) is 29.8 Å². The maximum absolute atomic E-state index is 12.6. The second-order valence-electron chi connectivity index (χ2n) is 6.06. The minimum Gasteiger partial charge on any atom is -0.508 e. The van der Waals surface area contributed by atoms with Gasteiger partial charge in [-0.15, -0.1) is 0 Å². The van der Waals surface area contributed by atoms with Crippen molar-refractivity contribution >= 4 is 23.2 Å². The lowest BCUT2D eigenvalue weighted by Crippen LogP contribution is -2.31. The summed E-state index contributed by atoms with van der Waals surface area (Å²) in [6.07, 6.45) is 0. The predicted octanol–water partition coefficient (Wildman–Crippen LogP) is 4.01. The number of hydrogen-bond donors (Lipinski definition) is 2. The maximum Gasteiger partial charge on any atom is 0.270 e. The summed E-state index contributed by atoms with van der Waals surface area (Å²) in [6, 6.07) is 10.8. The van der Waals surface area contributed by atoms with E-state index in [1.54, 1.807) is 24.3 Å². The third kappa shape index (κ3) is 4.70. The average molecular weight is 363 g/mol. The second kappa shape index (κ2) is 7.98. The number of aromatic hydroxyl groups is 1. The molecule has 1 amide bonds. The number of phenolic OH excluding ortho intramolecular Hbond substituents is 1. The van der Waals surface area contributed by atoms with E-state index < -0.39 is 10.8 Å². The van der Waals surface area contributed by atoms with Crippen LogP contribution >= 0.6 is 11.6 Å². The summed E-state index contributed by atoms with van der Waals surface area (Å²) in [7, 11) is 0. The Morgan fingerprint density at radius 3 is 2.44 bits per heavy atom. The van der Waals surface area contributed by atoms with Crippen molar-refractivity contribution in [2.45, 2.75) is 26.3 Å². The first-order chi connectivity index (χ1) is 11.8. The Kier molecular flexibility index (Phi) is 5.98. The van der Waals surface area contributed by atoms with E-state index in [1.807, 2.05) is 13.8 Å². The number of carbonyl (C=O) groups excluding carboxylic acids is 1. The van der Waals surface area contributed by atoms with Crippen molar-refractivity contribution in [1.29, 1.82) is 0 Å². The van der Waals surface area contributed by atoms with Crippen molar-refractivity contribution in [2.24, 2.45) is 5.92 Å². The lowest BCUT2D eigenvalue weighted by molar-refractivity contribution is -0.384. The molecule has 0 bridgehead atoms. The standard InChI is InChI=1S/C18H19ClN2O4/c1-11(2)17(12-3-5-14(19)6-4-12)18(23)20-10-13-9-15(21(24)25)7-8-16(13)22/h3-9,11,17,22H,10H2,1-2H3,(H,20,23). The van der Waals surface area contributed by atoms with Crippen LogP contribution in [0.4, 0.5) is 5.69 Å². The van der Waals surface area contributed by atoms with Crippen molar-refractivity contribution in [3.8, 4) is 5.75 Å². The van der Waals surface area contributed by atoms with Crippen LogP contribution in [0.15, 0.2) is 42.5 Å². The number of halogens is 1. The van der Waals surface area contributed by atoms with Crippen molar-refractivity contribution in [3.05, 3.63) is 68.7 Å². The molecule has 1 atom stereocenters. The van der Waals surface area contributed by atoms with E-state index in [0.717, 1.165) is 5.56 Å². The van der Waals surface area contributed by atoms with Crippen molar-refractivity contribution in [3.63, 3.8) is 0 Å². The van der Waals surface area contributed by atoms with Crippen molar-refractivity contribution in [2.75, 3.05) is 0 Å². The number of phenols is 1. The van der Waals surface area contributed by atoms with Gasteiger partial charge in [-0.3, -0.25) is 14.9 Å². The summed E-state index contributed by atoms with van der Waals surface area (Å²) in [6.45, 7) is 3.87. The third-order valence-corrected chi connectivity index (χ3v) is 4.16. The highest BCUT2D eigenvalue weighted by atomic mass is 35.5. The third-order valence-electron chi connectivity index (χ3n) is 3.91. The first-order valence-corrected chi connectivity index (χ1v) is 8.17. The minimum atomic E-state index is -0.546. The fraction of sp³-hybridized carbons (Fsp3) is 0.278. The van der Waals surface area contributed by atoms with E-state index in [2.05, 4.69) is 5.32 Å². The first kappa shape index (κ1) is 18.7. The smallest absolute Gasteiger partial charge is 0.270 e. The van der Waals surface area contributed by atoms with E-state index in [1.165, 1.54) is 18.2 Å². The van der Waals surface area contributed by atoms with Gasteiger partial charge >= 0.3 is 0 Å². The fourth-order valence-corrected chi connectivity index (χ4v) is 2.75. The van der Waals surface area contributed by atoms with Gasteiger partial charge < -0.3 is 10.4 Å². The maximum atomic E-state index is 12.6. The molecule has 0 aliphatic heterocycles. The largest absolute Gasteiger partial charge is 0.508 e. The summed E-state index contributed by atoms with van der Waals surface area (Å²) < 4.78 is 0. The number of rotatable bonds is 6. The number of nitro groups is 1. The lowest BCUT2D eigenvalue weighted by atomic mass is 9.87. The molecule has 25 heavy (non-hydrogen) atoms.